The number of likely N-dealkylation sites (tertiary alicyclic amines) is 1. The number of imide groups is 1. The van der Waals surface area contributed by atoms with Gasteiger partial charge in [-0.2, -0.15) is 8.42 Å². The van der Waals surface area contributed by atoms with E-state index in [9.17, 15) is 32.4 Å². The number of carboxylic acids is 1. The molecule has 34 heavy (non-hydrogen) atoms. The summed E-state index contributed by atoms with van der Waals surface area (Å²) in [7, 11) is -3.46. The van der Waals surface area contributed by atoms with Crippen molar-refractivity contribution in [2.45, 2.75) is 25.5 Å². The number of aliphatic carboxylic acids is 1. The fourth-order valence-electron chi connectivity index (χ4n) is 2.11. The average molecular weight is 521 g/mol. The van der Waals surface area contributed by atoms with E-state index in [-0.39, 0.29) is 10.8 Å². The molecule has 2 heterocycles. The summed E-state index contributed by atoms with van der Waals surface area (Å²) in [6, 6.07) is -3.73. The fraction of sp³-hybridized carbons (Fsp3) is 0.400. The van der Waals surface area contributed by atoms with Crippen LogP contribution in [-0.4, -0.2) is 84.2 Å². The second-order valence-electron chi connectivity index (χ2n) is 6.98. The lowest BCUT2D eigenvalue weighted by atomic mass is 10.1. The van der Waals surface area contributed by atoms with Crippen molar-refractivity contribution >= 4 is 62.2 Å². The molecule has 0 bridgehead atoms. The molecule has 0 unspecified atom stereocenters. The van der Waals surface area contributed by atoms with Crippen LogP contribution in [-0.2, 0) is 29.4 Å². The van der Waals surface area contributed by atoms with Gasteiger partial charge in [-0.1, -0.05) is 5.16 Å². The molecule has 2 rings (SSSR count). The van der Waals surface area contributed by atoms with Crippen LogP contribution in [0.15, 0.2) is 10.5 Å². The lowest BCUT2D eigenvalue weighted by molar-refractivity contribution is -0.161. The van der Waals surface area contributed by atoms with Crippen molar-refractivity contribution in [3.63, 3.8) is 0 Å². The van der Waals surface area contributed by atoms with Crippen LogP contribution in [0.1, 0.15) is 19.5 Å². The minimum Gasteiger partial charge on any atom is -0.478 e. The summed E-state index contributed by atoms with van der Waals surface area (Å²) in [6.07, 6.45) is 0. The molecule has 1 saturated heterocycles. The lowest BCUT2D eigenvalue weighted by Crippen LogP contribution is -2.68. The van der Waals surface area contributed by atoms with Crippen molar-refractivity contribution in [2.24, 2.45) is 5.16 Å². The number of carboxylic acid groups (broad SMARTS) is 1. The molecule has 1 aliphatic rings. The topological polar surface area (TPSA) is 252 Å². The summed E-state index contributed by atoms with van der Waals surface area (Å²) in [5, 5.41) is 18.3. The van der Waals surface area contributed by atoms with E-state index in [0.29, 0.717) is 4.90 Å². The van der Waals surface area contributed by atoms with Gasteiger partial charge < -0.3 is 26.3 Å². The van der Waals surface area contributed by atoms with Crippen LogP contribution in [0, 0.1) is 0 Å². The number of aromatic nitrogens is 1. The normalized spacial score (nSPS) is 16.2. The van der Waals surface area contributed by atoms with E-state index < -0.39 is 64.0 Å². The third-order valence-corrected chi connectivity index (χ3v) is 5.59. The number of nitrogens with one attached hydrogen (secondary N) is 4. The van der Waals surface area contributed by atoms with E-state index in [4.69, 9.17) is 15.7 Å². The highest BCUT2D eigenvalue weighted by molar-refractivity contribution is 7.88. The van der Waals surface area contributed by atoms with Gasteiger partial charge in [-0.05, 0) is 13.8 Å². The molecule has 1 aromatic heterocycles. The van der Waals surface area contributed by atoms with Crippen molar-refractivity contribution in [3.8, 4) is 0 Å². The second kappa shape index (κ2) is 9.87. The maximum atomic E-state index is 12.7. The zero-order valence-electron chi connectivity index (χ0n) is 17.8. The number of nitrogens with zero attached hydrogens (tertiary/aromatic N) is 3. The van der Waals surface area contributed by atoms with Crippen LogP contribution in [0.4, 0.5) is 14.7 Å². The number of carbonyl (C=O) groups excluding carboxylic acids is 4. The molecule has 6 amide bonds. The predicted molar refractivity (Wildman–Crippen MR) is 115 cm³/mol. The Balaban J connectivity index is 2.08. The van der Waals surface area contributed by atoms with Crippen molar-refractivity contribution in [2.75, 3.05) is 19.3 Å². The Bertz CT molecular complexity index is 1160. The third-order valence-electron chi connectivity index (χ3n) is 4.02. The monoisotopic (exact) mass is 520 g/mol. The SMILES string of the molecule is CNC(=O)NS(=O)(=O)NC(=O)N1C[C@H](NC(=O)C(=NOC(C)(C)C(=O)O)c2csc(N)n2)C1=O. The lowest BCUT2D eigenvalue weighted by Gasteiger charge is -2.36. The number of β-lactam (4-membered cyclic amide) rings is 1. The number of hydrogen-bond donors (Lipinski definition) is 6. The molecule has 7 N–H and O–H groups in total. The fourth-order valence-corrected chi connectivity index (χ4v) is 3.40. The van der Waals surface area contributed by atoms with Gasteiger partial charge in [0, 0.05) is 12.4 Å². The molecule has 0 aromatic carbocycles. The molecule has 19 heteroatoms. The molecule has 17 nitrogen and oxygen atoms in total. The van der Waals surface area contributed by atoms with Crippen LogP contribution in [0.5, 0.6) is 0 Å². The number of amides is 6. The van der Waals surface area contributed by atoms with E-state index in [1.165, 1.54) is 28.7 Å². The van der Waals surface area contributed by atoms with Crippen LogP contribution in [0.25, 0.3) is 0 Å². The molecule has 0 saturated carbocycles. The Morgan fingerprint density at radius 2 is 1.97 bits per heavy atom. The number of oxime groups is 1. The quantitative estimate of drug-likeness (QED) is 0.119. The van der Waals surface area contributed by atoms with Crippen molar-refractivity contribution in [1.82, 2.24) is 30.0 Å². The summed E-state index contributed by atoms with van der Waals surface area (Å²) in [6.45, 7) is 1.95. The second-order valence-corrected chi connectivity index (χ2v) is 9.29. The smallest absolute Gasteiger partial charge is 0.350 e. The minimum atomic E-state index is -4.60. The Morgan fingerprint density at radius 3 is 2.47 bits per heavy atom. The maximum Gasteiger partial charge on any atom is 0.350 e. The predicted octanol–water partition coefficient (Wildman–Crippen LogP) is -2.48. The van der Waals surface area contributed by atoms with Gasteiger partial charge in [0.15, 0.2) is 10.8 Å². The number of nitrogens with two attached hydrogens (primary N) is 1. The number of thiazole rings is 1. The van der Waals surface area contributed by atoms with Crippen LogP contribution >= 0.6 is 11.3 Å². The minimum absolute atomic E-state index is 0.0612. The van der Waals surface area contributed by atoms with Gasteiger partial charge in [0.25, 0.3) is 11.8 Å². The first-order valence-corrected chi connectivity index (χ1v) is 11.4. The van der Waals surface area contributed by atoms with Crippen LogP contribution in [0.2, 0.25) is 0 Å². The number of carbonyl (C=O) groups is 5. The van der Waals surface area contributed by atoms with Gasteiger partial charge in [-0.3, -0.25) is 14.5 Å². The summed E-state index contributed by atoms with van der Waals surface area (Å²) >= 11 is 0.959. The Morgan fingerprint density at radius 1 is 1.32 bits per heavy atom. The average Bonchev–Trinajstić information content (AvgIpc) is 3.15. The van der Waals surface area contributed by atoms with E-state index in [2.05, 4.69) is 15.5 Å². The van der Waals surface area contributed by atoms with Gasteiger partial charge >= 0.3 is 28.2 Å². The van der Waals surface area contributed by atoms with Crippen molar-refractivity contribution in [1.29, 1.82) is 0 Å². The molecular weight excluding hydrogens is 500 g/mol. The molecular formula is C15H20N8O9S2. The number of nitrogen functional groups attached to an aromatic ring is 1. The van der Waals surface area contributed by atoms with Crippen LogP contribution < -0.4 is 25.8 Å². The van der Waals surface area contributed by atoms with E-state index in [1.54, 1.807) is 0 Å². The van der Waals surface area contributed by atoms with Crippen molar-refractivity contribution < 1.29 is 42.3 Å². The third kappa shape index (κ3) is 6.28. The molecule has 1 aromatic rings. The molecule has 1 aliphatic heterocycles. The van der Waals surface area contributed by atoms with Gasteiger partial charge in [-0.15, -0.1) is 11.3 Å². The number of anilines is 1. The van der Waals surface area contributed by atoms with Gasteiger partial charge in [0.05, 0.1) is 6.54 Å². The first kappa shape index (κ1) is 26.3. The van der Waals surface area contributed by atoms with Crippen LogP contribution in [0.3, 0.4) is 0 Å². The molecule has 0 spiro atoms. The van der Waals surface area contributed by atoms with E-state index >= 15 is 0 Å². The number of urea groups is 2. The Labute approximate surface area is 195 Å². The summed E-state index contributed by atoms with van der Waals surface area (Å²) in [5.41, 5.74) is 3.19. The van der Waals surface area contributed by atoms with Crippen molar-refractivity contribution in [3.05, 3.63) is 11.1 Å². The molecule has 1 fully saturated rings. The summed E-state index contributed by atoms with van der Waals surface area (Å²) in [4.78, 5) is 68.5. The van der Waals surface area contributed by atoms with E-state index in [0.717, 1.165) is 18.4 Å². The zero-order chi connectivity index (χ0) is 25.8. The largest absolute Gasteiger partial charge is 0.478 e. The zero-order valence-corrected chi connectivity index (χ0v) is 19.4. The maximum absolute atomic E-state index is 12.7. The van der Waals surface area contributed by atoms with Gasteiger partial charge in [-0.25, -0.2) is 28.8 Å². The standard InChI is InChI=1S/C15H20N8O9S2/c1-15(2,11(26)27)32-20-8(7-5-33-12(16)19-7)9(24)18-6-4-23(10(6)25)14(29)22-34(30,31)21-13(28)17-3/h5-6H,4H2,1-3H3,(H2,16,19)(H,18,24)(H,22,29)(H,26,27)(H2,17,21,28)/t6-/m0/s1. The highest BCUT2D eigenvalue weighted by Gasteiger charge is 2.43. The highest BCUT2D eigenvalue weighted by Crippen LogP contribution is 2.16. The first-order chi connectivity index (χ1) is 15.7. The molecule has 0 aliphatic carbocycles. The number of hydrogen-bond acceptors (Lipinski definition) is 12. The Kier molecular flexibility index (Phi) is 7.62. The Hall–Kier alpha value is -4.00. The molecule has 0 radical (unpaired) electrons. The first-order valence-electron chi connectivity index (χ1n) is 9.06. The summed E-state index contributed by atoms with van der Waals surface area (Å²) < 4.78 is 26.3. The van der Waals surface area contributed by atoms with Gasteiger partial charge in [0.2, 0.25) is 5.60 Å². The molecule has 1 atom stereocenters. The number of rotatable bonds is 8. The summed E-state index contributed by atoms with van der Waals surface area (Å²) in [5.74, 6) is -3.34. The van der Waals surface area contributed by atoms with Gasteiger partial charge in [0.1, 0.15) is 11.7 Å². The van der Waals surface area contributed by atoms with E-state index in [1.807, 2.05) is 5.32 Å². The highest BCUT2D eigenvalue weighted by atomic mass is 32.2. The molecule has 186 valence electrons.